The third-order valence-corrected chi connectivity index (χ3v) is 4.07. The third-order valence-electron chi connectivity index (χ3n) is 4.07. The Balaban J connectivity index is 1.79. The van der Waals surface area contributed by atoms with Gasteiger partial charge in [-0.1, -0.05) is 6.07 Å². The number of hydrogen-bond acceptors (Lipinski definition) is 2. The van der Waals surface area contributed by atoms with Crippen molar-refractivity contribution in [3.63, 3.8) is 0 Å². The molecular formula is C14H16F2N2O. The van der Waals surface area contributed by atoms with Gasteiger partial charge in [-0.2, -0.15) is 0 Å². The summed E-state index contributed by atoms with van der Waals surface area (Å²) in [7, 11) is 0. The summed E-state index contributed by atoms with van der Waals surface area (Å²) in [5.74, 6) is -1.99. The molecule has 0 spiro atoms. The molecule has 0 aliphatic carbocycles. The van der Waals surface area contributed by atoms with Crippen LogP contribution in [0.1, 0.15) is 23.2 Å². The van der Waals surface area contributed by atoms with Crippen LogP contribution in [-0.4, -0.2) is 36.5 Å². The van der Waals surface area contributed by atoms with Crippen LogP contribution in [-0.2, 0) is 0 Å². The summed E-state index contributed by atoms with van der Waals surface area (Å²) in [4.78, 5) is 13.9. The van der Waals surface area contributed by atoms with Gasteiger partial charge in [0.05, 0.1) is 5.56 Å². The standard InChI is InChI=1S/C14H16F2N2O/c15-11-5-1-4-10(13(11)16)14(19)18-7-9-3-2-6-17-12(9)8-18/h1,4-5,9,12,17H,2-3,6-8H2/t9-,12+/m0/s1. The van der Waals surface area contributed by atoms with Crippen LogP contribution < -0.4 is 5.32 Å². The van der Waals surface area contributed by atoms with Crippen LogP contribution >= 0.6 is 0 Å². The maximum absolute atomic E-state index is 13.6. The lowest BCUT2D eigenvalue weighted by atomic mass is 9.94. The number of nitrogens with one attached hydrogen (secondary N) is 1. The molecule has 2 saturated heterocycles. The molecule has 2 fully saturated rings. The molecule has 0 unspecified atom stereocenters. The highest BCUT2D eigenvalue weighted by atomic mass is 19.2. The predicted molar refractivity (Wildman–Crippen MR) is 66.8 cm³/mol. The summed E-state index contributed by atoms with van der Waals surface area (Å²) in [6.07, 6.45) is 2.20. The van der Waals surface area contributed by atoms with Crippen LogP contribution in [0.25, 0.3) is 0 Å². The monoisotopic (exact) mass is 266 g/mol. The SMILES string of the molecule is O=C(c1cccc(F)c1F)N1C[C@@H]2CCCN[C@@H]2C1. The quantitative estimate of drug-likeness (QED) is 0.840. The molecule has 2 aliphatic rings. The topological polar surface area (TPSA) is 32.3 Å². The van der Waals surface area contributed by atoms with Crippen LogP contribution in [0, 0.1) is 17.6 Å². The Bertz CT molecular complexity index is 492. The average molecular weight is 266 g/mol. The largest absolute Gasteiger partial charge is 0.337 e. The van der Waals surface area contributed by atoms with Crippen molar-refractivity contribution in [2.24, 2.45) is 5.92 Å². The lowest BCUT2D eigenvalue weighted by molar-refractivity contribution is 0.0780. The number of nitrogens with zero attached hydrogens (tertiary/aromatic N) is 1. The fraction of sp³-hybridized carbons (Fsp3) is 0.500. The minimum atomic E-state index is -1.05. The van der Waals surface area contributed by atoms with E-state index in [1.165, 1.54) is 12.1 Å². The molecule has 2 heterocycles. The summed E-state index contributed by atoms with van der Waals surface area (Å²) in [5.41, 5.74) is -0.168. The molecule has 2 atom stereocenters. The van der Waals surface area contributed by atoms with Gasteiger partial charge in [0.25, 0.3) is 5.91 Å². The van der Waals surface area contributed by atoms with Crippen molar-refractivity contribution in [3.8, 4) is 0 Å². The van der Waals surface area contributed by atoms with E-state index in [9.17, 15) is 13.6 Å². The molecule has 3 nitrogen and oxygen atoms in total. The molecule has 0 saturated carbocycles. The average Bonchev–Trinajstić information content (AvgIpc) is 2.85. The fourth-order valence-electron chi connectivity index (χ4n) is 3.05. The highest BCUT2D eigenvalue weighted by molar-refractivity contribution is 5.94. The normalized spacial score (nSPS) is 26.3. The van der Waals surface area contributed by atoms with E-state index in [4.69, 9.17) is 0 Å². The first-order valence-corrected chi connectivity index (χ1v) is 6.63. The molecule has 2 aliphatic heterocycles. The van der Waals surface area contributed by atoms with E-state index in [0.29, 0.717) is 25.0 Å². The van der Waals surface area contributed by atoms with Gasteiger partial charge in [-0.3, -0.25) is 4.79 Å². The van der Waals surface area contributed by atoms with Gasteiger partial charge in [-0.15, -0.1) is 0 Å². The van der Waals surface area contributed by atoms with Gasteiger partial charge >= 0.3 is 0 Å². The number of amides is 1. The molecule has 0 radical (unpaired) electrons. The predicted octanol–water partition coefficient (Wildman–Crippen LogP) is 1.79. The molecule has 1 N–H and O–H groups in total. The first-order chi connectivity index (χ1) is 9.16. The summed E-state index contributed by atoms with van der Waals surface area (Å²) < 4.78 is 26.8. The van der Waals surface area contributed by atoms with Crippen LogP contribution in [0.2, 0.25) is 0 Å². The van der Waals surface area contributed by atoms with E-state index in [1.807, 2.05) is 0 Å². The van der Waals surface area contributed by atoms with E-state index in [2.05, 4.69) is 5.32 Å². The zero-order valence-corrected chi connectivity index (χ0v) is 10.5. The Morgan fingerprint density at radius 3 is 2.95 bits per heavy atom. The number of rotatable bonds is 1. The highest BCUT2D eigenvalue weighted by Crippen LogP contribution is 2.26. The molecule has 0 aromatic heterocycles. The molecule has 1 aromatic carbocycles. The Morgan fingerprint density at radius 1 is 1.32 bits per heavy atom. The smallest absolute Gasteiger partial charge is 0.257 e. The van der Waals surface area contributed by atoms with Crippen LogP contribution in [0.5, 0.6) is 0 Å². The number of hydrogen-bond donors (Lipinski definition) is 1. The zero-order chi connectivity index (χ0) is 13.4. The van der Waals surface area contributed by atoms with Gasteiger partial charge in [0.1, 0.15) is 0 Å². The minimum absolute atomic E-state index is 0.168. The van der Waals surface area contributed by atoms with Gasteiger partial charge in [0, 0.05) is 19.1 Å². The van der Waals surface area contributed by atoms with E-state index >= 15 is 0 Å². The first kappa shape index (κ1) is 12.5. The lowest BCUT2D eigenvalue weighted by Gasteiger charge is -2.24. The molecular weight excluding hydrogens is 250 g/mol. The second-order valence-corrected chi connectivity index (χ2v) is 5.27. The molecule has 19 heavy (non-hydrogen) atoms. The maximum Gasteiger partial charge on any atom is 0.257 e. The van der Waals surface area contributed by atoms with E-state index in [1.54, 1.807) is 4.90 Å². The van der Waals surface area contributed by atoms with Crippen molar-refractivity contribution < 1.29 is 13.6 Å². The summed E-state index contributed by atoms with van der Waals surface area (Å²) >= 11 is 0. The van der Waals surface area contributed by atoms with Crippen molar-refractivity contribution in [2.45, 2.75) is 18.9 Å². The van der Waals surface area contributed by atoms with Crippen molar-refractivity contribution in [2.75, 3.05) is 19.6 Å². The maximum atomic E-state index is 13.6. The Hall–Kier alpha value is -1.49. The number of likely N-dealkylation sites (tertiary alicyclic amines) is 1. The fourth-order valence-corrected chi connectivity index (χ4v) is 3.05. The van der Waals surface area contributed by atoms with E-state index in [-0.39, 0.29) is 5.56 Å². The van der Waals surface area contributed by atoms with Crippen LogP contribution in [0.4, 0.5) is 8.78 Å². The molecule has 102 valence electrons. The van der Waals surface area contributed by atoms with Crippen LogP contribution in [0.15, 0.2) is 18.2 Å². The van der Waals surface area contributed by atoms with E-state index in [0.717, 1.165) is 25.5 Å². The zero-order valence-electron chi connectivity index (χ0n) is 10.5. The van der Waals surface area contributed by atoms with Crippen molar-refractivity contribution >= 4 is 5.91 Å². The van der Waals surface area contributed by atoms with Gasteiger partial charge < -0.3 is 10.2 Å². The second-order valence-electron chi connectivity index (χ2n) is 5.27. The van der Waals surface area contributed by atoms with Crippen molar-refractivity contribution in [1.82, 2.24) is 10.2 Å². The molecule has 5 heteroatoms. The number of carbonyl (C=O) groups excluding carboxylic acids is 1. The first-order valence-electron chi connectivity index (χ1n) is 6.63. The number of piperidine rings is 1. The highest BCUT2D eigenvalue weighted by Gasteiger charge is 2.37. The Labute approximate surface area is 110 Å². The summed E-state index contributed by atoms with van der Waals surface area (Å²) in [6.45, 7) is 2.18. The van der Waals surface area contributed by atoms with Gasteiger partial charge in [0.15, 0.2) is 11.6 Å². The summed E-state index contributed by atoms with van der Waals surface area (Å²) in [5, 5.41) is 3.38. The Kier molecular flexibility index (Phi) is 3.22. The number of fused-ring (bicyclic) bond motifs is 1. The van der Waals surface area contributed by atoms with Gasteiger partial charge in [-0.05, 0) is 37.4 Å². The minimum Gasteiger partial charge on any atom is -0.337 e. The van der Waals surface area contributed by atoms with Crippen molar-refractivity contribution in [1.29, 1.82) is 0 Å². The molecule has 1 aromatic rings. The number of carbonyl (C=O) groups is 1. The number of benzene rings is 1. The van der Waals surface area contributed by atoms with E-state index < -0.39 is 17.5 Å². The molecule has 1 amide bonds. The molecule has 0 bridgehead atoms. The third kappa shape index (κ3) is 2.23. The van der Waals surface area contributed by atoms with Gasteiger partial charge in [0.2, 0.25) is 0 Å². The second kappa shape index (κ2) is 4.89. The van der Waals surface area contributed by atoms with Gasteiger partial charge in [-0.25, -0.2) is 8.78 Å². The van der Waals surface area contributed by atoms with Crippen molar-refractivity contribution in [3.05, 3.63) is 35.4 Å². The lowest BCUT2D eigenvalue weighted by Crippen LogP contribution is -2.41. The number of halogens is 2. The van der Waals surface area contributed by atoms with Crippen LogP contribution in [0.3, 0.4) is 0 Å². The summed E-state index contributed by atoms with van der Waals surface area (Å²) in [6, 6.07) is 4.04. The Morgan fingerprint density at radius 2 is 2.16 bits per heavy atom. The molecule has 3 rings (SSSR count).